The third kappa shape index (κ3) is 7.07. The summed E-state index contributed by atoms with van der Waals surface area (Å²) in [5, 5.41) is 8.56. The smallest absolute Gasteiger partial charge is 0.338 e. The molecule has 0 saturated heterocycles. The molecule has 1 atom stereocenters. The van der Waals surface area contributed by atoms with Crippen molar-refractivity contribution in [1.82, 2.24) is 14.8 Å². The van der Waals surface area contributed by atoms with Gasteiger partial charge < -0.3 is 19.5 Å². The second-order valence-electron chi connectivity index (χ2n) is 11.6. The minimum atomic E-state index is -0.632. The number of aryl methyl sites for hydroxylation is 1. The number of carbonyl (C=O) groups is 1. The first-order chi connectivity index (χ1) is 22.4. The molecule has 1 aliphatic heterocycles. The van der Waals surface area contributed by atoms with Crippen molar-refractivity contribution in [2.75, 3.05) is 11.9 Å². The van der Waals surface area contributed by atoms with Crippen LogP contribution in [0.5, 0.6) is 11.5 Å². The number of fused-ring (bicyclic) bond motifs is 1. The third-order valence-electron chi connectivity index (χ3n) is 8.42. The molecule has 1 unspecified atom stereocenters. The van der Waals surface area contributed by atoms with E-state index in [0.29, 0.717) is 58.4 Å². The van der Waals surface area contributed by atoms with Gasteiger partial charge in [-0.1, -0.05) is 66.7 Å². The Morgan fingerprint density at radius 2 is 1.74 bits per heavy atom. The molecule has 1 N–H and O–H groups in total. The molecular formula is C36H39FN4O4S. The fourth-order valence-corrected chi connectivity index (χ4v) is 6.75. The molecule has 2 aliphatic rings. The summed E-state index contributed by atoms with van der Waals surface area (Å²) in [7, 11) is 0. The van der Waals surface area contributed by atoms with Gasteiger partial charge in [0.1, 0.15) is 24.6 Å². The van der Waals surface area contributed by atoms with Crippen LogP contribution in [0.15, 0.2) is 83.2 Å². The number of benzene rings is 3. The molecule has 0 spiro atoms. The molecule has 0 bridgehead atoms. The van der Waals surface area contributed by atoms with E-state index in [-0.39, 0.29) is 17.9 Å². The number of nitrogens with one attached hydrogen (secondary N) is 1. The molecular weight excluding hydrogens is 603 g/mol. The molecule has 1 fully saturated rings. The van der Waals surface area contributed by atoms with Crippen LogP contribution in [-0.2, 0) is 21.9 Å². The van der Waals surface area contributed by atoms with Gasteiger partial charge in [0.2, 0.25) is 11.1 Å². The molecule has 3 aromatic carbocycles. The lowest BCUT2D eigenvalue weighted by Gasteiger charge is -2.30. The monoisotopic (exact) mass is 642 g/mol. The van der Waals surface area contributed by atoms with Crippen molar-refractivity contribution in [3.63, 3.8) is 0 Å². The number of halogens is 1. The summed E-state index contributed by atoms with van der Waals surface area (Å²) >= 11 is 1.33. The molecule has 240 valence electrons. The Morgan fingerprint density at radius 3 is 2.50 bits per heavy atom. The molecule has 4 aromatic rings. The number of allylic oxidation sites excluding steroid dienone is 1. The fraction of sp³-hybridized carbons (Fsp3) is 0.361. The van der Waals surface area contributed by atoms with E-state index in [9.17, 15) is 9.18 Å². The van der Waals surface area contributed by atoms with Gasteiger partial charge in [-0.3, -0.25) is 0 Å². The number of carbonyl (C=O) groups excluding carboxylic acids is 1. The van der Waals surface area contributed by atoms with Gasteiger partial charge in [0.05, 0.1) is 12.2 Å². The molecule has 46 heavy (non-hydrogen) atoms. The van der Waals surface area contributed by atoms with Crippen molar-refractivity contribution >= 4 is 23.7 Å². The van der Waals surface area contributed by atoms with Gasteiger partial charge in [-0.05, 0) is 86.9 Å². The number of anilines is 1. The zero-order chi connectivity index (χ0) is 32.0. The Labute approximate surface area is 273 Å². The number of hydrogen-bond acceptors (Lipinski definition) is 8. The predicted molar refractivity (Wildman–Crippen MR) is 177 cm³/mol. The van der Waals surface area contributed by atoms with E-state index >= 15 is 0 Å². The Balaban J connectivity index is 1.34. The van der Waals surface area contributed by atoms with Crippen LogP contribution < -0.4 is 14.8 Å². The van der Waals surface area contributed by atoms with E-state index in [1.54, 1.807) is 16.8 Å². The second-order valence-corrected chi connectivity index (χ2v) is 12.6. The summed E-state index contributed by atoms with van der Waals surface area (Å²) in [6.07, 6.45) is 4.88. The second kappa shape index (κ2) is 14.4. The topological polar surface area (TPSA) is 87.5 Å². The number of nitrogens with zero attached hydrogens (tertiary/aromatic N) is 3. The van der Waals surface area contributed by atoms with E-state index in [1.807, 2.05) is 56.3 Å². The van der Waals surface area contributed by atoms with E-state index in [2.05, 4.69) is 18.3 Å². The standard InChI is InChI=1S/C36H39FN4O4S/c1-4-43-31-20-25(18-19-30(31)44-21-26-13-9-8-12-23(26)2)33-32(34(42)45-28-15-6-5-7-16-28)24(3)38-35-39-36(40-41(33)35)46-22-27-14-10-11-17-29(27)37/h8-14,17-20,28,33H,4-7,15-16,21-22H2,1-3H3,(H,38,39,40). The SMILES string of the molecule is CCOc1cc(C2C(C(=O)OC3CCCCC3)=C(C)Nc3nc(SCc4ccccc4F)nn32)ccc1OCc1ccccc1C. The molecule has 8 nitrogen and oxygen atoms in total. The lowest BCUT2D eigenvalue weighted by molar-refractivity contribution is -0.146. The normalized spacial score (nSPS) is 16.5. The van der Waals surface area contributed by atoms with Crippen molar-refractivity contribution < 1.29 is 23.4 Å². The predicted octanol–water partition coefficient (Wildman–Crippen LogP) is 8.16. The highest BCUT2D eigenvalue weighted by molar-refractivity contribution is 7.98. The summed E-state index contributed by atoms with van der Waals surface area (Å²) in [5.41, 5.74) is 4.69. The maximum absolute atomic E-state index is 14.3. The maximum atomic E-state index is 14.3. The van der Waals surface area contributed by atoms with Gasteiger partial charge in [-0.25, -0.2) is 13.9 Å². The van der Waals surface area contributed by atoms with Crippen molar-refractivity contribution in [3.05, 3.63) is 106 Å². The Kier molecular flexibility index (Phi) is 9.92. The molecule has 1 aliphatic carbocycles. The molecule has 0 amide bonds. The highest BCUT2D eigenvalue weighted by atomic mass is 32.2. The van der Waals surface area contributed by atoms with Crippen molar-refractivity contribution in [3.8, 4) is 11.5 Å². The number of ether oxygens (including phenoxy) is 3. The van der Waals surface area contributed by atoms with Crippen LogP contribution in [0.25, 0.3) is 0 Å². The van der Waals surface area contributed by atoms with Crippen LogP contribution >= 0.6 is 11.8 Å². The fourth-order valence-electron chi connectivity index (χ4n) is 5.93. The Bertz CT molecular complexity index is 1730. The summed E-state index contributed by atoms with van der Waals surface area (Å²) in [6, 6.07) is 19.9. The molecule has 0 radical (unpaired) electrons. The lowest BCUT2D eigenvalue weighted by atomic mass is 9.94. The van der Waals surface area contributed by atoms with Crippen LogP contribution in [0.2, 0.25) is 0 Å². The highest BCUT2D eigenvalue weighted by Gasteiger charge is 2.37. The number of hydrogen-bond donors (Lipinski definition) is 1. The Morgan fingerprint density at radius 1 is 0.978 bits per heavy atom. The first-order valence-corrected chi connectivity index (χ1v) is 16.9. The molecule has 1 saturated carbocycles. The van der Waals surface area contributed by atoms with Crippen molar-refractivity contribution in [1.29, 1.82) is 0 Å². The minimum Gasteiger partial charge on any atom is -0.490 e. The van der Waals surface area contributed by atoms with E-state index in [1.165, 1.54) is 17.8 Å². The van der Waals surface area contributed by atoms with E-state index in [0.717, 1.165) is 48.8 Å². The zero-order valence-electron chi connectivity index (χ0n) is 26.4. The molecule has 1 aromatic heterocycles. The average Bonchev–Trinajstić information content (AvgIpc) is 3.46. The van der Waals surface area contributed by atoms with E-state index in [4.69, 9.17) is 24.3 Å². The molecule has 10 heteroatoms. The lowest BCUT2D eigenvalue weighted by Crippen LogP contribution is -2.32. The largest absolute Gasteiger partial charge is 0.490 e. The number of aromatic nitrogens is 3. The van der Waals surface area contributed by atoms with Gasteiger partial charge in [-0.15, -0.1) is 5.10 Å². The number of thioether (sulfide) groups is 1. The Hall–Kier alpha value is -4.31. The van der Waals surface area contributed by atoms with Crippen LogP contribution in [0.1, 0.15) is 74.2 Å². The van der Waals surface area contributed by atoms with Gasteiger partial charge in [0.15, 0.2) is 11.5 Å². The summed E-state index contributed by atoms with van der Waals surface area (Å²) in [6.45, 7) is 6.68. The first-order valence-electron chi connectivity index (χ1n) is 15.9. The molecule has 6 rings (SSSR count). The average molecular weight is 643 g/mol. The highest BCUT2D eigenvalue weighted by Crippen LogP contribution is 2.41. The van der Waals surface area contributed by atoms with Gasteiger partial charge >= 0.3 is 5.97 Å². The maximum Gasteiger partial charge on any atom is 0.338 e. The van der Waals surface area contributed by atoms with Crippen LogP contribution in [-0.4, -0.2) is 33.4 Å². The quantitative estimate of drug-likeness (QED) is 0.130. The van der Waals surface area contributed by atoms with Crippen LogP contribution in [0, 0.1) is 12.7 Å². The first kappa shape index (κ1) is 31.7. The molecule has 2 heterocycles. The summed E-state index contributed by atoms with van der Waals surface area (Å²) in [4.78, 5) is 18.6. The van der Waals surface area contributed by atoms with Crippen molar-refractivity contribution in [2.45, 2.75) is 82.5 Å². The summed E-state index contributed by atoms with van der Waals surface area (Å²) in [5.74, 6) is 1.39. The zero-order valence-corrected chi connectivity index (χ0v) is 27.2. The van der Waals surface area contributed by atoms with Gasteiger partial charge in [0, 0.05) is 11.4 Å². The third-order valence-corrected chi connectivity index (χ3v) is 9.31. The summed E-state index contributed by atoms with van der Waals surface area (Å²) < 4.78 is 34.5. The van der Waals surface area contributed by atoms with Gasteiger partial charge in [-0.2, -0.15) is 4.98 Å². The van der Waals surface area contributed by atoms with E-state index < -0.39 is 6.04 Å². The number of rotatable bonds is 11. The van der Waals surface area contributed by atoms with Crippen LogP contribution in [0.4, 0.5) is 10.3 Å². The van der Waals surface area contributed by atoms with Crippen LogP contribution in [0.3, 0.4) is 0 Å². The van der Waals surface area contributed by atoms with Crippen molar-refractivity contribution in [2.24, 2.45) is 0 Å². The number of esters is 1. The van der Waals surface area contributed by atoms with Gasteiger partial charge in [0.25, 0.3) is 0 Å². The minimum absolute atomic E-state index is 0.109.